The number of aromatic amines is 1. The summed E-state index contributed by atoms with van der Waals surface area (Å²) in [4.78, 5) is 27.0. The van der Waals surface area contributed by atoms with Gasteiger partial charge in [-0.15, -0.1) is 11.3 Å². The van der Waals surface area contributed by atoms with E-state index in [9.17, 15) is 4.79 Å². The van der Waals surface area contributed by atoms with Gasteiger partial charge in [-0.05, 0) is 26.0 Å². The first-order chi connectivity index (χ1) is 13.0. The highest BCUT2D eigenvalue weighted by Gasteiger charge is 2.07. The van der Waals surface area contributed by atoms with E-state index >= 15 is 0 Å². The van der Waals surface area contributed by atoms with Crippen LogP contribution < -0.4 is 5.56 Å². The number of methoxy groups -OCH3 is 1. The van der Waals surface area contributed by atoms with Crippen LogP contribution in [0.1, 0.15) is 21.8 Å². The molecule has 1 N–H and O–H groups in total. The minimum absolute atomic E-state index is 0.172. The van der Waals surface area contributed by atoms with Gasteiger partial charge in [0.25, 0.3) is 5.56 Å². The molecule has 0 amide bonds. The molecule has 3 rings (SSSR count). The van der Waals surface area contributed by atoms with E-state index in [1.807, 2.05) is 17.6 Å². The Morgan fingerprint density at radius 1 is 1.26 bits per heavy atom. The topological polar surface area (TPSA) is 71.1 Å². The second-order valence-electron chi connectivity index (χ2n) is 6.56. The van der Waals surface area contributed by atoms with Crippen molar-refractivity contribution in [3.63, 3.8) is 0 Å². The molecule has 27 heavy (non-hydrogen) atoms. The van der Waals surface area contributed by atoms with Gasteiger partial charge in [-0.1, -0.05) is 24.3 Å². The van der Waals surface area contributed by atoms with E-state index in [1.165, 1.54) is 16.5 Å². The third-order valence-corrected chi connectivity index (χ3v) is 5.33. The molecule has 0 saturated carbocycles. The highest BCUT2D eigenvalue weighted by atomic mass is 32.1. The number of rotatable bonds is 8. The molecule has 7 heteroatoms. The van der Waals surface area contributed by atoms with Crippen molar-refractivity contribution >= 4 is 11.3 Å². The second-order valence-corrected chi connectivity index (χ2v) is 7.50. The minimum atomic E-state index is -0.172. The fourth-order valence-electron chi connectivity index (χ4n) is 2.88. The first-order valence-electron chi connectivity index (χ1n) is 8.81. The van der Waals surface area contributed by atoms with Gasteiger partial charge in [0.2, 0.25) is 0 Å². The SMILES string of the molecule is COCc1cc(=O)[nH]c(-c2ccc(CN(C)CCc3scnc3C)cc2)n1. The summed E-state index contributed by atoms with van der Waals surface area (Å²) >= 11 is 1.72. The van der Waals surface area contributed by atoms with Crippen LogP contribution in [0.5, 0.6) is 0 Å². The second kappa shape index (κ2) is 9.03. The lowest BCUT2D eigenvalue weighted by molar-refractivity contribution is 0.181. The van der Waals surface area contributed by atoms with Crippen LogP contribution in [0.3, 0.4) is 0 Å². The molecule has 6 nitrogen and oxygen atoms in total. The number of hydrogen-bond acceptors (Lipinski definition) is 6. The van der Waals surface area contributed by atoms with E-state index in [4.69, 9.17) is 4.74 Å². The number of hydrogen-bond donors (Lipinski definition) is 1. The number of H-pyrrole nitrogens is 1. The number of nitrogens with zero attached hydrogens (tertiary/aromatic N) is 3. The van der Waals surface area contributed by atoms with Crippen molar-refractivity contribution in [1.29, 1.82) is 0 Å². The maximum atomic E-state index is 11.8. The molecule has 0 unspecified atom stereocenters. The number of aryl methyl sites for hydroxylation is 1. The first-order valence-corrected chi connectivity index (χ1v) is 9.69. The zero-order valence-corrected chi connectivity index (χ0v) is 16.7. The summed E-state index contributed by atoms with van der Waals surface area (Å²) in [5, 5.41) is 0. The number of likely N-dealkylation sites (N-methyl/N-ethyl adjacent to an activating group) is 1. The average molecular weight is 385 g/mol. The molecular formula is C20H24N4O2S. The molecule has 0 fully saturated rings. The third-order valence-electron chi connectivity index (χ3n) is 4.33. The van der Waals surface area contributed by atoms with Crippen LogP contribution in [0, 0.1) is 6.92 Å². The summed E-state index contributed by atoms with van der Waals surface area (Å²) < 4.78 is 5.07. The van der Waals surface area contributed by atoms with Gasteiger partial charge in [0, 0.05) is 36.7 Å². The predicted octanol–water partition coefficient (Wildman–Crippen LogP) is 3.02. The molecule has 0 bridgehead atoms. The Hall–Kier alpha value is -2.35. The molecule has 0 aliphatic heterocycles. The quantitative estimate of drug-likeness (QED) is 0.646. The highest BCUT2D eigenvalue weighted by molar-refractivity contribution is 7.09. The van der Waals surface area contributed by atoms with E-state index in [2.05, 4.69) is 46.0 Å². The van der Waals surface area contributed by atoms with Crippen molar-refractivity contribution in [1.82, 2.24) is 19.9 Å². The van der Waals surface area contributed by atoms with Crippen LogP contribution >= 0.6 is 11.3 Å². The molecular weight excluding hydrogens is 360 g/mol. The Morgan fingerprint density at radius 3 is 2.70 bits per heavy atom. The van der Waals surface area contributed by atoms with E-state index in [1.54, 1.807) is 18.4 Å². The van der Waals surface area contributed by atoms with Gasteiger partial charge in [-0.3, -0.25) is 4.79 Å². The Labute approximate surface area is 162 Å². The van der Waals surface area contributed by atoms with Crippen LogP contribution in [0.25, 0.3) is 11.4 Å². The molecule has 0 aliphatic carbocycles. The maximum Gasteiger partial charge on any atom is 0.251 e. The van der Waals surface area contributed by atoms with Gasteiger partial charge in [0.1, 0.15) is 5.82 Å². The Bertz CT molecular complexity index is 934. The molecule has 2 aromatic heterocycles. The summed E-state index contributed by atoms with van der Waals surface area (Å²) in [7, 11) is 3.71. The predicted molar refractivity (Wildman–Crippen MR) is 108 cm³/mol. The fourth-order valence-corrected chi connectivity index (χ4v) is 3.65. The normalized spacial score (nSPS) is 11.3. The average Bonchev–Trinajstić information content (AvgIpc) is 3.05. The van der Waals surface area contributed by atoms with Gasteiger partial charge in [-0.2, -0.15) is 0 Å². The first kappa shape index (κ1) is 19.4. The Balaban J connectivity index is 1.63. The molecule has 0 spiro atoms. The number of benzene rings is 1. The summed E-state index contributed by atoms with van der Waals surface area (Å²) in [6.45, 7) is 4.23. The lowest BCUT2D eigenvalue weighted by Crippen LogP contribution is -2.20. The summed E-state index contributed by atoms with van der Waals surface area (Å²) in [6.07, 6.45) is 1.02. The number of thiazole rings is 1. The van der Waals surface area contributed by atoms with Crippen molar-refractivity contribution in [2.75, 3.05) is 20.7 Å². The van der Waals surface area contributed by atoms with Crippen molar-refractivity contribution < 1.29 is 4.74 Å². The van der Waals surface area contributed by atoms with Gasteiger partial charge in [-0.25, -0.2) is 9.97 Å². The van der Waals surface area contributed by atoms with Crippen molar-refractivity contribution in [2.24, 2.45) is 0 Å². The van der Waals surface area contributed by atoms with Crippen molar-refractivity contribution in [3.05, 3.63) is 68.0 Å². The van der Waals surface area contributed by atoms with Crippen LogP contribution in [0.2, 0.25) is 0 Å². The van der Waals surface area contributed by atoms with Crippen LogP contribution in [-0.4, -0.2) is 40.6 Å². The van der Waals surface area contributed by atoms with E-state index < -0.39 is 0 Å². The van der Waals surface area contributed by atoms with Crippen LogP contribution in [0.4, 0.5) is 0 Å². The fraction of sp³-hybridized carbons (Fsp3) is 0.350. The molecule has 3 aromatic rings. The minimum Gasteiger partial charge on any atom is -0.378 e. The molecule has 2 heterocycles. The van der Waals surface area contributed by atoms with Crippen LogP contribution in [0.15, 0.2) is 40.6 Å². The van der Waals surface area contributed by atoms with Crippen molar-refractivity contribution in [2.45, 2.75) is 26.5 Å². The zero-order chi connectivity index (χ0) is 19.2. The van der Waals surface area contributed by atoms with Crippen molar-refractivity contribution in [3.8, 4) is 11.4 Å². The molecule has 0 radical (unpaired) electrons. The Kier molecular flexibility index (Phi) is 6.49. The van der Waals surface area contributed by atoms with Gasteiger partial charge in [0.05, 0.1) is 23.5 Å². The number of nitrogens with one attached hydrogen (secondary N) is 1. The van der Waals surface area contributed by atoms with E-state index in [-0.39, 0.29) is 5.56 Å². The molecule has 0 atom stereocenters. The lowest BCUT2D eigenvalue weighted by atomic mass is 10.1. The van der Waals surface area contributed by atoms with Gasteiger partial charge >= 0.3 is 0 Å². The van der Waals surface area contributed by atoms with Crippen LogP contribution in [-0.2, 0) is 24.3 Å². The number of aromatic nitrogens is 3. The highest BCUT2D eigenvalue weighted by Crippen LogP contribution is 2.17. The lowest BCUT2D eigenvalue weighted by Gasteiger charge is -2.16. The smallest absolute Gasteiger partial charge is 0.251 e. The summed E-state index contributed by atoms with van der Waals surface area (Å²) in [5.41, 5.74) is 5.60. The largest absolute Gasteiger partial charge is 0.378 e. The zero-order valence-electron chi connectivity index (χ0n) is 15.9. The third kappa shape index (κ3) is 5.32. The van der Waals surface area contributed by atoms with E-state index in [0.717, 1.165) is 30.8 Å². The van der Waals surface area contributed by atoms with Gasteiger partial charge < -0.3 is 14.6 Å². The monoisotopic (exact) mass is 384 g/mol. The van der Waals surface area contributed by atoms with E-state index in [0.29, 0.717) is 18.1 Å². The summed E-state index contributed by atoms with van der Waals surface area (Å²) in [5.74, 6) is 0.565. The number of ether oxygens (including phenoxy) is 1. The molecule has 1 aromatic carbocycles. The summed E-state index contributed by atoms with van der Waals surface area (Å²) in [6, 6.07) is 9.59. The molecule has 142 valence electrons. The Morgan fingerprint density at radius 2 is 2.04 bits per heavy atom. The standard InChI is InChI=1S/C20H24N4O2S/c1-14-18(27-13-21-14)8-9-24(2)11-15-4-6-16(7-5-15)20-22-17(12-26-3)10-19(25)23-20/h4-7,10,13H,8-9,11-12H2,1-3H3,(H,22,23,25). The maximum absolute atomic E-state index is 11.8. The van der Waals surface area contributed by atoms with Gasteiger partial charge in [0.15, 0.2) is 0 Å². The molecule has 0 saturated heterocycles. The molecule has 0 aliphatic rings.